The smallest absolute Gasteiger partial charge is 0.241 e. The van der Waals surface area contributed by atoms with E-state index in [-0.39, 0.29) is 0 Å². The zero-order valence-corrected chi connectivity index (χ0v) is 14.0. The number of hydrogen-bond acceptors (Lipinski definition) is 6. The minimum Gasteiger partial charge on any atom is -0.497 e. The van der Waals surface area contributed by atoms with Crippen molar-refractivity contribution in [2.75, 3.05) is 26.9 Å². The number of benzene rings is 1. The number of rotatable bonds is 7. The van der Waals surface area contributed by atoms with Crippen LogP contribution in [0.5, 0.6) is 5.75 Å². The van der Waals surface area contributed by atoms with Crippen LogP contribution in [0.15, 0.2) is 28.8 Å². The zero-order valence-electron chi connectivity index (χ0n) is 14.0. The maximum atomic E-state index is 5.50. The highest BCUT2D eigenvalue weighted by Crippen LogP contribution is 2.30. The summed E-state index contributed by atoms with van der Waals surface area (Å²) in [5.74, 6) is 2.77. The van der Waals surface area contributed by atoms with Gasteiger partial charge in [-0.25, -0.2) is 0 Å². The van der Waals surface area contributed by atoms with Gasteiger partial charge in [0, 0.05) is 24.8 Å². The monoisotopic (exact) mass is 329 g/mol. The Bertz CT molecular complexity index is 660. The van der Waals surface area contributed by atoms with Crippen LogP contribution in [0.1, 0.15) is 25.2 Å². The molecule has 1 aromatic heterocycles. The summed E-state index contributed by atoms with van der Waals surface area (Å²) in [5, 5.41) is 4.13. The second-order valence-corrected chi connectivity index (χ2v) is 6.63. The van der Waals surface area contributed by atoms with Gasteiger partial charge in [0.2, 0.25) is 11.7 Å². The maximum Gasteiger partial charge on any atom is 0.241 e. The number of nitrogens with zero attached hydrogens (tertiary/aromatic N) is 3. The van der Waals surface area contributed by atoms with Gasteiger partial charge in [-0.05, 0) is 49.4 Å². The Balaban J connectivity index is 1.42. The Hall–Kier alpha value is -1.92. The second-order valence-electron chi connectivity index (χ2n) is 6.63. The van der Waals surface area contributed by atoms with Gasteiger partial charge in [0.1, 0.15) is 5.75 Å². The van der Waals surface area contributed by atoms with Gasteiger partial charge < -0.3 is 14.0 Å². The van der Waals surface area contributed by atoms with Gasteiger partial charge in [0.05, 0.1) is 20.3 Å². The van der Waals surface area contributed by atoms with E-state index in [0.29, 0.717) is 23.7 Å². The van der Waals surface area contributed by atoms with Crippen LogP contribution in [-0.2, 0) is 11.3 Å². The van der Waals surface area contributed by atoms with Gasteiger partial charge in [0.15, 0.2) is 0 Å². The molecule has 6 nitrogen and oxygen atoms in total. The van der Waals surface area contributed by atoms with Crippen molar-refractivity contribution in [2.45, 2.75) is 31.8 Å². The van der Waals surface area contributed by atoms with Gasteiger partial charge in [-0.15, -0.1) is 0 Å². The lowest BCUT2D eigenvalue weighted by Gasteiger charge is -2.22. The molecule has 2 aliphatic rings. The lowest BCUT2D eigenvalue weighted by atomic mass is 10.1. The van der Waals surface area contributed by atoms with E-state index in [4.69, 9.17) is 14.0 Å². The first-order valence-electron chi connectivity index (χ1n) is 8.60. The molecule has 0 radical (unpaired) electrons. The van der Waals surface area contributed by atoms with Crippen LogP contribution in [0.2, 0.25) is 0 Å². The van der Waals surface area contributed by atoms with E-state index in [2.05, 4.69) is 15.0 Å². The van der Waals surface area contributed by atoms with E-state index in [1.807, 2.05) is 24.3 Å². The summed E-state index contributed by atoms with van der Waals surface area (Å²) in [6, 6.07) is 8.37. The molecule has 0 unspecified atom stereocenters. The van der Waals surface area contributed by atoms with Gasteiger partial charge in [-0.1, -0.05) is 5.16 Å². The molecule has 1 atom stereocenters. The molecular weight excluding hydrogens is 306 g/mol. The van der Waals surface area contributed by atoms with E-state index in [1.165, 1.54) is 12.8 Å². The third-order valence-electron chi connectivity index (χ3n) is 4.73. The average Bonchev–Trinajstić information content (AvgIpc) is 3.14. The number of ether oxygens (including phenoxy) is 2. The lowest BCUT2D eigenvalue weighted by Crippen LogP contribution is -2.31. The first-order valence-corrected chi connectivity index (χ1v) is 8.60. The van der Waals surface area contributed by atoms with Crippen molar-refractivity contribution in [3.8, 4) is 17.1 Å². The Morgan fingerprint density at radius 2 is 2.04 bits per heavy atom. The van der Waals surface area contributed by atoms with E-state index >= 15 is 0 Å². The molecule has 2 heterocycles. The highest BCUT2D eigenvalue weighted by Gasteiger charge is 2.32. The molecule has 0 amide bonds. The predicted octanol–water partition coefficient (Wildman–Crippen LogP) is 2.75. The molecule has 0 spiro atoms. The molecule has 0 N–H and O–H groups in total. The minimum atomic E-state index is 0.632. The standard InChI is InChI=1S/C18H23N3O3/c1-22-16-6-2-14(3-7-16)18-19-17(24-20-18)11-21(15-4-5-15)10-13-8-9-23-12-13/h2-3,6-7,13,15H,4-5,8-12H2,1H3/t13-/m0/s1. The van der Waals surface area contributed by atoms with Crippen LogP contribution in [0.4, 0.5) is 0 Å². The summed E-state index contributed by atoms with van der Waals surface area (Å²) in [6.07, 6.45) is 3.70. The highest BCUT2D eigenvalue weighted by atomic mass is 16.5. The van der Waals surface area contributed by atoms with Gasteiger partial charge >= 0.3 is 0 Å². The Labute approximate surface area is 141 Å². The molecule has 4 rings (SSSR count). The maximum absolute atomic E-state index is 5.50. The first kappa shape index (κ1) is 15.6. The zero-order chi connectivity index (χ0) is 16.4. The number of methoxy groups -OCH3 is 1. The summed E-state index contributed by atoms with van der Waals surface area (Å²) < 4.78 is 16.2. The summed E-state index contributed by atoms with van der Waals surface area (Å²) >= 11 is 0. The van der Waals surface area contributed by atoms with E-state index in [1.54, 1.807) is 7.11 Å². The van der Waals surface area contributed by atoms with Gasteiger partial charge in [0.25, 0.3) is 0 Å². The van der Waals surface area contributed by atoms with E-state index < -0.39 is 0 Å². The lowest BCUT2D eigenvalue weighted by molar-refractivity contribution is 0.153. The molecule has 1 aliphatic carbocycles. The first-order chi connectivity index (χ1) is 11.8. The quantitative estimate of drug-likeness (QED) is 0.778. The fourth-order valence-electron chi connectivity index (χ4n) is 3.19. The van der Waals surface area contributed by atoms with Crippen LogP contribution in [0, 0.1) is 5.92 Å². The molecule has 1 aromatic carbocycles. The van der Waals surface area contributed by atoms with Crippen LogP contribution in [-0.4, -0.2) is 48.0 Å². The summed E-state index contributed by atoms with van der Waals surface area (Å²) in [5.41, 5.74) is 0.938. The highest BCUT2D eigenvalue weighted by molar-refractivity contribution is 5.55. The normalized spacial score (nSPS) is 20.7. The fraction of sp³-hybridized carbons (Fsp3) is 0.556. The Morgan fingerprint density at radius 1 is 1.21 bits per heavy atom. The molecule has 2 aromatic rings. The van der Waals surface area contributed by atoms with Crippen molar-refractivity contribution in [1.29, 1.82) is 0 Å². The van der Waals surface area contributed by atoms with Crippen molar-refractivity contribution in [2.24, 2.45) is 5.92 Å². The topological polar surface area (TPSA) is 60.6 Å². The van der Waals surface area contributed by atoms with Crippen molar-refractivity contribution in [1.82, 2.24) is 15.0 Å². The van der Waals surface area contributed by atoms with Crippen molar-refractivity contribution < 1.29 is 14.0 Å². The second kappa shape index (κ2) is 6.91. The molecular formula is C18H23N3O3. The van der Waals surface area contributed by atoms with Crippen molar-refractivity contribution >= 4 is 0 Å². The van der Waals surface area contributed by atoms with Crippen molar-refractivity contribution in [3.05, 3.63) is 30.2 Å². The van der Waals surface area contributed by atoms with Gasteiger partial charge in [-0.2, -0.15) is 4.98 Å². The molecule has 128 valence electrons. The van der Waals surface area contributed by atoms with E-state index in [0.717, 1.165) is 44.0 Å². The fourth-order valence-corrected chi connectivity index (χ4v) is 3.19. The molecule has 1 aliphatic heterocycles. The predicted molar refractivity (Wildman–Crippen MR) is 88.6 cm³/mol. The van der Waals surface area contributed by atoms with Crippen molar-refractivity contribution in [3.63, 3.8) is 0 Å². The molecule has 24 heavy (non-hydrogen) atoms. The molecule has 1 saturated heterocycles. The third-order valence-corrected chi connectivity index (χ3v) is 4.73. The summed E-state index contributed by atoms with van der Waals surface area (Å²) in [6.45, 7) is 3.56. The Kier molecular flexibility index (Phi) is 4.49. The summed E-state index contributed by atoms with van der Waals surface area (Å²) in [4.78, 5) is 7.05. The average molecular weight is 329 g/mol. The van der Waals surface area contributed by atoms with E-state index in [9.17, 15) is 0 Å². The third kappa shape index (κ3) is 3.60. The molecule has 0 bridgehead atoms. The SMILES string of the molecule is COc1ccc(-c2noc(CN(C[C@@H]3CCOC3)C3CC3)n2)cc1. The molecule has 6 heteroatoms. The van der Waals surface area contributed by atoms with Crippen LogP contribution < -0.4 is 4.74 Å². The van der Waals surface area contributed by atoms with Crippen LogP contribution in [0.25, 0.3) is 11.4 Å². The minimum absolute atomic E-state index is 0.632. The van der Waals surface area contributed by atoms with Gasteiger partial charge in [-0.3, -0.25) is 4.90 Å². The van der Waals surface area contributed by atoms with Crippen LogP contribution >= 0.6 is 0 Å². The molecule has 1 saturated carbocycles. The number of hydrogen-bond donors (Lipinski definition) is 0. The summed E-state index contributed by atoms with van der Waals surface area (Å²) in [7, 11) is 1.66. The van der Waals surface area contributed by atoms with Crippen LogP contribution in [0.3, 0.4) is 0 Å². The largest absolute Gasteiger partial charge is 0.497 e. The Morgan fingerprint density at radius 3 is 2.71 bits per heavy atom. The number of aromatic nitrogens is 2. The molecule has 2 fully saturated rings.